The summed E-state index contributed by atoms with van der Waals surface area (Å²) in [5.74, 6) is 0.225. The number of carbonyl (C=O) groups excluding carboxylic acids is 1. The van der Waals surface area contributed by atoms with Gasteiger partial charge in [-0.1, -0.05) is 98.6 Å². The number of nitrogens with zero attached hydrogens (tertiary/aromatic N) is 2. The molecule has 4 heteroatoms. The summed E-state index contributed by atoms with van der Waals surface area (Å²) in [6.07, 6.45) is 19.9. The molecule has 42 heavy (non-hydrogen) atoms. The standard InChI is InChI=1S/C25H41N3.C10H12O.C3H8/c1-8-12-21(5)17-22(6)14-16-25(28(10-3)11-4)18-23(7)13-15-24(19-26)20-27-9-2;1-3-10(11)9-7-5-4-6-8(9)2;1-3-2/h8,12,14-18,20H,9-11,13,19,26H2,1-7H3;4-7H,3H2,1-2H3;3H2,1-2H3/b12-8-,21-17+,22-14+,23-18+,24-15+,25-16+,27-20?;;. The highest BCUT2D eigenvalue weighted by molar-refractivity contribution is 5.97. The minimum atomic E-state index is 0.225. The lowest BCUT2D eigenvalue weighted by molar-refractivity contribution is 0.0987. The van der Waals surface area contributed by atoms with Crippen molar-refractivity contribution in [2.75, 3.05) is 26.2 Å². The Kier molecular flexibility index (Phi) is 25.9. The van der Waals surface area contributed by atoms with Crippen LogP contribution in [0, 0.1) is 6.92 Å². The molecule has 1 aromatic rings. The van der Waals surface area contributed by atoms with Crippen molar-refractivity contribution in [1.29, 1.82) is 0 Å². The van der Waals surface area contributed by atoms with E-state index in [0.717, 1.165) is 42.8 Å². The first-order valence-electron chi connectivity index (χ1n) is 15.7. The molecule has 1 rings (SSSR count). The second kappa shape index (κ2) is 26.6. The fourth-order valence-electron chi connectivity index (χ4n) is 3.85. The Morgan fingerprint density at radius 2 is 1.55 bits per heavy atom. The maximum Gasteiger partial charge on any atom is 0.162 e. The molecular weight excluding hydrogens is 514 g/mol. The van der Waals surface area contributed by atoms with E-state index in [4.69, 9.17) is 5.73 Å². The van der Waals surface area contributed by atoms with Gasteiger partial charge in [-0.25, -0.2) is 0 Å². The van der Waals surface area contributed by atoms with Crippen LogP contribution in [0.3, 0.4) is 0 Å². The minimum Gasteiger partial charge on any atom is -0.372 e. The third kappa shape index (κ3) is 19.8. The van der Waals surface area contributed by atoms with E-state index in [0.29, 0.717) is 13.0 Å². The number of nitrogens with two attached hydrogens (primary N) is 1. The first-order chi connectivity index (χ1) is 20.1. The van der Waals surface area contributed by atoms with Gasteiger partial charge in [0.15, 0.2) is 5.78 Å². The number of allylic oxidation sites excluding steroid dienone is 10. The van der Waals surface area contributed by atoms with Crippen LogP contribution < -0.4 is 5.73 Å². The van der Waals surface area contributed by atoms with Gasteiger partial charge in [0.25, 0.3) is 0 Å². The maximum atomic E-state index is 11.2. The van der Waals surface area contributed by atoms with E-state index in [2.05, 4.69) is 101 Å². The number of carbonyl (C=O) groups is 1. The summed E-state index contributed by atoms with van der Waals surface area (Å²) in [5.41, 5.74) is 13.9. The average molecular weight is 576 g/mol. The third-order valence-corrected chi connectivity index (χ3v) is 6.05. The van der Waals surface area contributed by atoms with E-state index >= 15 is 0 Å². The van der Waals surface area contributed by atoms with E-state index in [9.17, 15) is 4.79 Å². The summed E-state index contributed by atoms with van der Waals surface area (Å²) in [7, 11) is 0. The Morgan fingerprint density at radius 1 is 0.929 bits per heavy atom. The van der Waals surface area contributed by atoms with Gasteiger partial charge in [-0.05, 0) is 85.1 Å². The van der Waals surface area contributed by atoms with Crippen molar-refractivity contribution in [3.63, 3.8) is 0 Å². The number of Topliss-reactive ketones (excluding diaryl/α,β-unsaturated/α-hetero) is 1. The van der Waals surface area contributed by atoms with Crippen LogP contribution in [0.4, 0.5) is 0 Å². The molecule has 0 saturated carbocycles. The fourth-order valence-corrected chi connectivity index (χ4v) is 3.85. The number of hydrogen-bond acceptors (Lipinski definition) is 4. The molecule has 2 N–H and O–H groups in total. The molecule has 0 atom stereocenters. The molecule has 0 radical (unpaired) electrons. The van der Waals surface area contributed by atoms with E-state index in [1.807, 2.05) is 58.2 Å². The van der Waals surface area contributed by atoms with Crippen LogP contribution in [0.1, 0.15) is 104 Å². The molecule has 0 bridgehead atoms. The zero-order valence-electron chi connectivity index (χ0n) is 28.8. The van der Waals surface area contributed by atoms with Gasteiger partial charge in [0, 0.05) is 50.1 Å². The predicted octanol–water partition coefficient (Wildman–Crippen LogP) is 10.00. The fraction of sp³-hybridized carbons (Fsp3) is 0.474. The van der Waals surface area contributed by atoms with Gasteiger partial charge < -0.3 is 10.6 Å². The number of likely N-dealkylation sites (N-methyl/N-ethyl adjacent to an activating group) is 1. The molecule has 0 saturated heterocycles. The summed E-state index contributed by atoms with van der Waals surface area (Å²) in [4.78, 5) is 17.9. The highest BCUT2D eigenvalue weighted by Gasteiger charge is 2.04. The Bertz CT molecular complexity index is 1090. The van der Waals surface area contributed by atoms with Crippen molar-refractivity contribution in [3.05, 3.63) is 106 Å². The summed E-state index contributed by atoms with van der Waals surface area (Å²) < 4.78 is 0. The molecule has 0 aliphatic heterocycles. The van der Waals surface area contributed by atoms with Crippen LogP contribution in [0.5, 0.6) is 0 Å². The van der Waals surface area contributed by atoms with Gasteiger partial charge in [0.05, 0.1) is 0 Å². The molecule has 4 nitrogen and oxygen atoms in total. The highest BCUT2D eigenvalue weighted by atomic mass is 16.1. The predicted molar refractivity (Wildman–Crippen MR) is 190 cm³/mol. The molecular formula is C38H61N3O. The van der Waals surface area contributed by atoms with Gasteiger partial charge in [-0.2, -0.15) is 0 Å². The zero-order valence-corrected chi connectivity index (χ0v) is 28.8. The largest absolute Gasteiger partial charge is 0.372 e. The lowest BCUT2D eigenvalue weighted by Gasteiger charge is -2.22. The minimum absolute atomic E-state index is 0.225. The van der Waals surface area contributed by atoms with Crippen LogP contribution in [-0.4, -0.2) is 43.1 Å². The van der Waals surface area contributed by atoms with Crippen molar-refractivity contribution in [3.8, 4) is 0 Å². The zero-order chi connectivity index (χ0) is 32.3. The number of rotatable bonds is 14. The molecule has 0 fully saturated rings. The monoisotopic (exact) mass is 575 g/mol. The Hall–Kier alpha value is -3.24. The summed E-state index contributed by atoms with van der Waals surface area (Å²) >= 11 is 0. The van der Waals surface area contributed by atoms with Gasteiger partial charge >= 0.3 is 0 Å². The van der Waals surface area contributed by atoms with E-state index in [1.165, 1.54) is 28.8 Å². The van der Waals surface area contributed by atoms with Crippen LogP contribution in [0.15, 0.2) is 99.8 Å². The van der Waals surface area contributed by atoms with Crippen LogP contribution >= 0.6 is 0 Å². The topological polar surface area (TPSA) is 58.7 Å². The Balaban J connectivity index is 0. The average Bonchev–Trinajstić information content (AvgIpc) is 2.97. The van der Waals surface area contributed by atoms with Gasteiger partial charge in [-0.3, -0.25) is 9.79 Å². The molecule has 0 spiro atoms. The van der Waals surface area contributed by atoms with Crippen molar-refractivity contribution in [2.24, 2.45) is 10.7 Å². The Labute approximate surface area is 259 Å². The lowest BCUT2D eigenvalue weighted by atomic mass is 10.0. The maximum absolute atomic E-state index is 11.2. The van der Waals surface area contributed by atoms with Crippen LogP contribution in [0.25, 0.3) is 0 Å². The number of aryl methyl sites for hydroxylation is 1. The molecule has 0 aromatic heterocycles. The lowest BCUT2D eigenvalue weighted by Crippen LogP contribution is -2.21. The summed E-state index contributed by atoms with van der Waals surface area (Å²) in [6.45, 7) is 26.3. The molecule has 0 unspecified atom stereocenters. The van der Waals surface area contributed by atoms with E-state index in [-0.39, 0.29) is 5.78 Å². The van der Waals surface area contributed by atoms with E-state index in [1.54, 1.807) is 0 Å². The smallest absolute Gasteiger partial charge is 0.162 e. The first-order valence-corrected chi connectivity index (χ1v) is 15.7. The molecule has 0 amide bonds. The molecule has 0 aliphatic carbocycles. The van der Waals surface area contributed by atoms with Crippen LogP contribution in [0.2, 0.25) is 0 Å². The second-order valence-electron chi connectivity index (χ2n) is 10.2. The summed E-state index contributed by atoms with van der Waals surface area (Å²) in [5, 5.41) is 0. The highest BCUT2D eigenvalue weighted by Crippen LogP contribution is 2.14. The normalized spacial score (nSPS) is 13.1. The molecule has 234 valence electrons. The summed E-state index contributed by atoms with van der Waals surface area (Å²) in [6, 6.07) is 7.68. The first kappa shape index (κ1) is 40.9. The second-order valence-corrected chi connectivity index (χ2v) is 10.2. The van der Waals surface area contributed by atoms with Crippen LogP contribution in [-0.2, 0) is 0 Å². The Morgan fingerprint density at radius 3 is 2.05 bits per heavy atom. The SMILES string of the molecule is CCC.CCC(=O)c1ccccc1C.C\C=C/C(C)=C/C(C)=C/C=C(\C=C(/C)C/C=C(/C=NCC)CN)N(CC)CC. The molecule has 0 aliphatic rings. The molecule has 1 aromatic carbocycles. The van der Waals surface area contributed by atoms with E-state index < -0.39 is 0 Å². The van der Waals surface area contributed by atoms with Crippen molar-refractivity contribution >= 4 is 12.0 Å². The third-order valence-electron chi connectivity index (χ3n) is 6.05. The number of ketones is 1. The number of hydrogen-bond donors (Lipinski definition) is 1. The van der Waals surface area contributed by atoms with Gasteiger partial charge in [0.2, 0.25) is 0 Å². The van der Waals surface area contributed by atoms with Gasteiger partial charge in [-0.15, -0.1) is 0 Å². The van der Waals surface area contributed by atoms with Gasteiger partial charge in [0.1, 0.15) is 0 Å². The number of benzene rings is 1. The van der Waals surface area contributed by atoms with Crippen molar-refractivity contribution in [1.82, 2.24) is 4.90 Å². The van der Waals surface area contributed by atoms with Crippen molar-refractivity contribution < 1.29 is 4.79 Å². The quantitative estimate of drug-likeness (QED) is 0.136. The molecule has 0 heterocycles. The van der Waals surface area contributed by atoms with Crippen molar-refractivity contribution in [2.45, 2.75) is 95.4 Å². The number of aliphatic imine (C=N–C) groups is 1.